The van der Waals surface area contributed by atoms with Gasteiger partial charge in [-0.25, -0.2) is 4.39 Å². The average Bonchev–Trinajstić information content (AvgIpc) is 2.29. The minimum absolute atomic E-state index is 0.171. The van der Waals surface area contributed by atoms with Crippen molar-refractivity contribution in [1.82, 2.24) is 0 Å². The van der Waals surface area contributed by atoms with Gasteiger partial charge < -0.3 is 5.73 Å². The van der Waals surface area contributed by atoms with Crippen LogP contribution in [0.15, 0.2) is 48.5 Å². The molecular formula is C14H13ClFN. The fourth-order valence-corrected chi connectivity index (χ4v) is 1.97. The third-order valence-corrected chi connectivity index (χ3v) is 2.86. The second-order valence-electron chi connectivity index (χ2n) is 4.00. The molecule has 0 aliphatic rings. The molecule has 0 amide bonds. The minimum Gasteiger partial charge on any atom is -0.324 e. The quantitative estimate of drug-likeness (QED) is 0.882. The van der Waals surface area contributed by atoms with Crippen LogP contribution < -0.4 is 5.73 Å². The van der Waals surface area contributed by atoms with Gasteiger partial charge in [0, 0.05) is 11.1 Å². The highest BCUT2D eigenvalue weighted by Crippen LogP contribution is 2.19. The number of nitrogens with two attached hydrogens (primary N) is 1. The Bertz CT molecular complexity index is 513. The first-order chi connectivity index (χ1) is 8.15. The predicted octanol–water partition coefficient (Wildman–Crippen LogP) is 3.72. The Morgan fingerprint density at radius 2 is 1.88 bits per heavy atom. The summed E-state index contributed by atoms with van der Waals surface area (Å²) in [5.74, 6) is -0.235. The van der Waals surface area contributed by atoms with Gasteiger partial charge in [0.25, 0.3) is 0 Å². The first-order valence-corrected chi connectivity index (χ1v) is 5.78. The zero-order valence-electron chi connectivity index (χ0n) is 9.24. The fourth-order valence-electron chi connectivity index (χ4n) is 1.77. The van der Waals surface area contributed by atoms with E-state index in [9.17, 15) is 4.39 Å². The molecule has 2 aromatic carbocycles. The van der Waals surface area contributed by atoms with E-state index in [1.54, 1.807) is 12.1 Å². The van der Waals surface area contributed by atoms with Crippen molar-refractivity contribution in [3.63, 3.8) is 0 Å². The van der Waals surface area contributed by atoms with Crippen LogP contribution in [-0.2, 0) is 6.42 Å². The monoisotopic (exact) mass is 249 g/mol. The van der Waals surface area contributed by atoms with Crippen LogP contribution >= 0.6 is 11.6 Å². The third-order valence-electron chi connectivity index (χ3n) is 2.62. The first kappa shape index (κ1) is 12.1. The van der Waals surface area contributed by atoms with Crippen molar-refractivity contribution in [1.29, 1.82) is 0 Å². The van der Waals surface area contributed by atoms with Gasteiger partial charge in [-0.2, -0.15) is 0 Å². The van der Waals surface area contributed by atoms with Gasteiger partial charge in [-0.1, -0.05) is 35.9 Å². The Morgan fingerprint density at radius 1 is 1.12 bits per heavy atom. The first-order valence-electron chi connectivity index (χ1n) is 5.40. The van der Waals surface area contributed by atoms with Crippen LogP contribution in [0.25, 0.3) is 0 Å². The van der Waals surface area contributed by atoms with Crippen molar-refractivity contribution in [3.05, 3.63) is 70.5 Å². The lowest BCUT2D eigenvalue weighted by atomic mass is 10.00. The average molecular weight is 250 g/mol. The molecule has 88 valence electrons. The summed E-state index contributed by atoms with van der Waals surface area (Å²) in [6, 6.07) is 13.8. The molecule has 0 radical (unpaired) electrons. The summed E-state index contributed by atoms with van der Waals surface area (Å²) >= 11 is 5.90. The lowest BCUT2D eigenvalue weighted by Gasteiger charge is -2.12. The van der Waals surface area contributed by atoms with Crippen molar-refractivity contribution in [2.45, 2.75) is 12.5 Å². The summed E-state index contributed by atoms with van der Waals surface area (Å²) in [6.07, 6.45) is 0.595. The Labute approximate surface area is 105 Å². The van der Waals surface area contributed by atoms with Gasteiger partial charge in [-0.3, -0.25) is 0 Å². The maximum atomic E-state index is 13.0. The van der Waals surface area contributed by atoms with E-state index in [0.29, 0.717) is 11.4 Å². The molecule has 0 fully saturated rings. The molecule has 0 heterocycles. The van der Waals surface area contributed by atoms with Crippen molar-refractivity contribution in [2.75, 3.05) is 0 Å². The lowest BCUT2D eigenvalue weighted by molar-refractivity contribution is 0.622. The van der Waals surface area contributed by atoms with Crippen molar-refractivity contribution in [2.24, 2.45) is 5.73 Å². The van der Waals surface area contributed by atoms with E-state index in [1.165, 1.54) is 12.1 Å². The molecular weight excluding hydrogens is 237 g/mol. The zero-order chi connectivity index (χ0) is 12.3. The molecule has 0 spiro atoms. The third kappa shape index (κ3) is 3.29. The molecule has 3 heteroatoms. The lowest BCUT2D eigenvalue weighted by Crippen LogP contribution is -2.13. The standard InChI is InChI=1S/C14H13ClFN/c15-12-5-2-4-11(9-12)14(17)8-10-3-1-6-13(16)7-10/h1-7,9,14H,8,17H2. The van der Waals surface area contributed by atoms with Gasteiger partial charge in [0.15, 0.2) is 0 Å². The second-order valence-corrected chi connectivity index (χ2v) is 4.43. The molecule has 0 saturated carbocycles. The molecule has 1 atom stereocenters. The van der Waals surface area contributed by atoms with Crippen LogP contribution in [0, 0.1) is 5.82 Å². The summed E-state index contributed by atoms with van der Waals surface area (Å²) in [7, 11) is 0. The highest BCUT2D eigenvalue weighted by Gasteiger charge is 2.07. The summed E-state index contributed by atoms with van der Waals surface area (Å²) in [6.45, 7) is 0. The van der Waals surface area contributed by atoms with Gasteiger partial charge in [-0.15, -0.1) is 0 Å². The number of hydrogen-bond donors (Lipinski definition) is 1. The summed E-state index contributed by atoms with van der Waals surface area (Å²) < 4.78 is 13.0. The van der Waals surface area contributed by atoms with E-state index in [2.05, 4.69) is 0 Å². The maximum absolute atomic E-state index is 13.0. The SMILES string of the molecule is NC(Cc1cccc(F)c1)c1cccc(Cl)c1. The van der Waals surface area contributed by atoms with E-state index in [4.69, 9.17) is 17.3 Å². The van der Waals surface area contributed by atoms with Crippen molar-refractivity contribution < 1.29 is 4.39 Å². The van der Waals surface area contributed by atoms with Gasteiger partial charge in [0.2, 0.25) is 0 Å². The molecule has 0 bridgehead atoms. The maximum Gasteiger partial charge on any atom is 0.123 e. The minimum atomic E-state index is -0.235. The van der Waals surface area contributed by atoms with E-state index in [-0.39, 0.29) is 11.9 Å². The van der Waals surface area contributed by atoms with Crippen LogP contribution in [0.1, 0.15) is 17.2 Å². The number of hydrogen-bond acceptors (Lipinski definition) is 1. The highest BCUT2D eigenvalue weighted by molar-refractivity contribution is 6.30. The van der Waals surface area contributed by atoms with Crippen LogP contribution in [0.3, 0.4) is 0 Å². The molecule has 0 aliphatic carbocycles. The number of rotatable bonds is 3. The van der Waals surface area contributed by atoms with E-state index in [0.717, 1.165) is 11.1 Å². The number of halogens is 2. The highest BCUT2D eigenvalue weighted by atomic mass is 35.5. The Balaban J connectivity index is 2.14. The Morgan fingerprint density at radius 3 is 2.59 bits per heavy atom. The normalized spacial score (nSPS) is 12.4. The van der Waals surface area contributed by atoms with E-state index in [1.807, 2.05) is 24.3 Å². The molecule has 0 aromatic heterocycles. The van der Waals surface area contributed by atoms with Gasteiger partial charge >= 0.3 is 0 Å². The topological polar surface area (TPSA) is 26.0 Å². The number of benzene rings is 2. The smallest absolute Gasteiger partial charge is 0.123 e. The molecule has 0 aliphatic heterocycles. The molecule has 0 saturated heterocycles. The van der Waals surface area contributed by atoms with Crippen molar-refractivity contribution >= 4 is 11.6 Å². The zero-order valence-corrected chi connectivity index (χ0v) is 9.99. The molecule has 2 rings (SSSR count). The fraction of sp³-hybridized carbons (Fsp3) is 0.143. The summed E-state index contributed by atoms with van der Waals surface area (Å²) in [5, 5.41) is 0.664. The van der Waals surface area contributed by atoms with Crippen LogP contribution in [-0.4, -0.2) is 0 Å². The second kappa shape index (κ2) is 5.30. The van der Waals surface area contributed by atoms with Crippen molar-refractivity contribution in [3.8, 4) is 0 Å². The van der Waals surface area contributed by atoms with E-state index < -0.39 is 0 Å². The van der Waals surface area contributed by atoms with E-state index >= 15 is 0 Å². The predicted molar refractivity (Wildman–Crippen MR) is 68.5 cm³/mol. The molecule has 2 N–H and O–H groups in total. The molecule has 2 aromatic rings. The van der Waals surface area contributed by atoms with Gasteiger partial charge in [0.1, 0.15) is 5.82 Å². The van der Waals surface area contributed by atoms with Gasteiger partial charge in [0.05, 0.1) is 0 Å². The summed E-state index contributed by atoms with van der Waals surface area (Å²) in [4.78, 5) is 0. The Hall–Kier alpha value is -1.38. The largest absolute Gasteiger partial charge is 0.324 e. The summed E-state index contributed by atoms with van der Waals surface area (Å²) in [5.41, 5.74) is 7.91. The van der Waals surface area contributed by atoms with Gasteiger partial charge in [-0.05, 0) is 41.8 Å². The molecule has 1 unspecified atom stereocenters. The molecule has 17 heavy (non-hydrogen) atoms. The van der Waals surface area contributed by atoms with Crippen LogP contribution in [0.4, 0.5) is 4.39 Å². The van der Waals surface area contributed by atoms with Crippen LogP contribution in [0.5, 0.6) is 0 Å². The Kier molecular flexibility index (Phi) is 3.77. The molecule has 1 nitrogen and oxygen atoms in total. The van der Waals surface area contributed by atoms with Crippen LogP contribution in [0.2, 0.25) is 5.02 Å².